The van der Waals surface area contributed by atoms with Crippen molar-refractivity contribution >= 4 is 11.6 Å². The number of nitriles is 1. The molecule has 0 aromatic carbocycles. The zero-order valence-corrected chi connectivity index (χ0v) is 14.4. The minimum atomic E-state index is -0.445. The summed E-state index contributed by atoms with van der Waals surface area (Å²) in [7, 11) is 0. The van der Waals surface area contributed by atoms with Crippen molar-refractivity contribution in [3.8, 4) is 6.07 Å². The van der Waals surface area contributed by atoms with Crippen LogP contribution in [0.2, 0.25) is 0 Å². The molecule has 0 amide bonds. The predicted octanol–water partition coefficient (Wildman–Crippen LogP) is 4.06. The van der Waals surface area contributed by atoms with Crippen LogP contribution in [0.15, 0.2) is 0 Å². The molecule has 4 aliphatic carbocycles. The molecule has 0 bridgehead atoms. The Labute approximate surface area is 138 Å². The van der Waals surface area contributed by atoms with Crippen LogP contribution in [-0.4, -0.2) is 11.6 Å². The van der Waals surface area contributed by atoms with Crippen LogP contribution in [0, 0.1) is 45.3 Å². The Balaban J connectivity index is 1.73. The van der Waals surface area contributed by atoms with Crippen molar-refractivity contribution in [3.05, 3.63) is 0 Å². The smallest absolute Gasteiger partial charge is 0.139 e. The van der Waals surface area contributed by atoms with E-state index >= 15 is 0 Å². The molecule has 4 fully saturated rings. The molecular formula is C20H27NO2. The quantitative estimate of drug-likeness (QED) is 0.677. The lowest BCUT2D eigenvalue weighted by Crippen LogP contribution is -2.58. The van der Waals surface area contributed by atoms with Crippen LogP contribution >= 0.6 is 0 Å². The van der Waals surface area contributed by atoms with Gasteiger partial charge in [-0.25, -0.2) is 0 Å². The molecule has 4 rings (SSSR count). The molecule has 3 nitrogen and oxygen atoms in total. The Morgan fingerprint density at radius 2 is 1.78 bits per heavy atom. The van der Waals surface area contributed by atoms with Gasteiger partial charge >= 0.3 is 0 Å². The summed E-state index contributed by atoms with van der Waals surface area (Å²) in [6, 6.07) is 2.61. The summed E-state index contributed by atoms with van der Waals surface area (Å²) >= 11 is 0. The number of fused-ring (bicyclic) bond motifs is 5. The first-order chi connectivity index (χ1) is 10.9. The number of ketones is 2. The molecule has 4 saturated carbocycles. The fourth-order valence-electron chi connectivity index (χ4n) is 7.07. The molecule has 0 radical (unpaired) electrons. The van der Waals surface area contributed by atoms with Crippen LogP contribution in [0.1, 0.15) is 71.6 Å². The Hall–Kier alpha value is -1.17. The maximum Gasteiger partial charge on any atom is 0.139 e. The monoisotopic (exact) mass is 313 g/mol. The Bertz CT molecular complexity index is 620. The molecule has 0 aromatic heterocycles. The van der Waals surface area contributed by atoms with E-state index in [1.165, 1.54) is 0 Å². The molecule has 0 heterocycles. The van der Waals surface area contributed by atoms with E-state index in [2.05, 4.69) is 19.9 Å². The molecule has 6 atom stereocenters. The van der Waals surface area contributed by atoms with Crippen LogP contribution in [0.3, 0.4) is 0 Å². The van der Waals surface area contributed by atoms with Crippen LogP contribution in [-0.2, 0) is 9.59 Å². The fraction of sp³-hybridized carbons (Fsp3) is 0.850. The Morgan fingerprint density at radius 3 is 2.52 bits per heavy atom. The van der Waals surface area contributed by atoms with Crippen LogP contribution < -0.4 is 0 Å². The molecule has 0 aromatic rings. The van der Waals surface area contributed by atoms with Crippen LogP contribution in [0.25, 0.3) is 0 Å². The molecule has 23 heavy (non-hydrogen) atoms. The van der Waals surface area contributed by atoms with E-state index in [1.807, 2.05) is 0 Å². The summed E-state index contributed by atoms with van der Waals surface area (Å²) in [6.45, 7) is 4.49. The van der Waals surface area contributed by atoms with Gasteiger partial charge in [0, 0.05) is 24.7 Å². The van der Waals surface area contributed by atoms with Crippen LogP contribution in [0.4, 0.5) is 0 Å². The van der Waals surface area contributed by atoms with Gasteiger partial charge in [-0.05, 0) is 61.7 Å². The van der Waals surface area contributed by atoms with Gasteiger partial charge in [-0.3, -0.25) is 9.59 Å². The van der Waals surface area contributed by atoms with Crippen molar-refractivity contribution in [1.29, 1.82) is 5.26 Å². The highest BCUT2D eigenvalue weighted by molar-refractivity contribution is 5.87. The molecule has 0 N–H and O–H groups in total. The molecule has 3 heteroatoms. The van der Waals surface area contributed by atoms with Crippen molar-refractivity contribution in [2.24, 2.45) is 34.0 Å². The van der Waals surface area contributed by atoms with Crippen molar-refractivity contribution in [2.75, 3.05) is 0 Å². The highest BCUT2D eigenvalue weighted by Crippen LogP contribution is 2.68. The number of hydrogen-bond acceptors (Lipinski definition) is 3. The fourth-order valence-corrected chi connectivity index (χ4v) is 7.07. The largest absolute Gasteiger partial charge is 0.300 e. The standard InChI is InChI=1S/C20H27NO2/c1-18-8-7-16-14(15(18)3-4-17(18)23)6-10-20(12-21)11-13(22)5-9-19(16,20)2/h14-16H,3-11H2,1-2H3/t14-,15-,16-,18-,19+,20-/m0/s1. The van der Waals surface area contributed by atoms with Crippen molar-refractivity contribution in [3.63, 3.8) is 0 Å². The lowest BCUT2D eigenvalue weighted by Gasteiger charge is -2.62. The van der Waals surface area contributed by atoms with E-state index in [-0.39, 0.29) is 16.6 Å². The molecular weight excluding hydrogens is 286 g/mol. The Kier molecular flexibility index (Phi) is 3.13. The summed E-state index contributed by atoms with van der Waals surface area (Å²) in [5.41, 5.74) is -0.583. The molecule has 0 spiro atoms. The second kappa shape index (κ2) is 4.68. The van der Waals surface area contributed by atoms with Crippen LogP contribution in [0.5, 0.6) is 0 Å². The highest BCUT2D eigenvalue weighted by Gasteiger charge is 2.65. The van der Waals surface area contributed by atoms with Gasteiger partial charge in [-0.1, -0.05) is 13.8 Å². The van der Waals surface area contributed by atoms with E-state index in [4.69, 9.17) is 0 Å². The topological polar surface area (TPSA) is 57.9 Å². The molecule has 4 aliphatic rings. The van der Waals surface area contributed by atoms with Gasteiger partial charge in [-0.2, -0.15) is 5.26 Å². The summed E-state index contributed by atoms with van der Waals surface area (Å²) in [5, 5.41) is 9.97. The maximum absolute atomic E-state index is 12.4. The van der Waals surface area contributed by atoms with Gasteiger partial charge in [0.1, 0.15) is 11.6 Å². The maximum atomic E-state index is 12.4. The number of Topliss-reactive ketones (excluding diaryl/α,β-unsaturated/α-hetero) is 2. The molecule has 124 valence electrons. The first kappa shape index (κ1) is 15.4. The summed E-state index contributed by atoms with van der Waals surface area (Å²) in [6.07, 6.45) is 7.72. The van der Waals surface area contributed by atoms with Gasteiger partial charge in [-0.15, -0.1) is 0 Å². The minimum Gasteiger partial charge on any atom is -0.300 e. The zero-order chi connectivity index (χ0) is 16.5. The summed E-state index contributed by atoms with van der Waals surface area (Å²) in [5.74, 6) is 2.37. The van der Waals surface area contributed by atoms with E-state index in [9.17, 15) is 14.9 Å². The first-order valence-corrected chi connectivity index (χ1v) is 9.33. The lowest BCUT2D eigenvalue weighted by molar-refractivity contribution is -0.154. The first-order valence-electron chi connectivity index (χ1n) is 9.33. The third-order valence-electron chi connectivity index (χ3n) is 8.60. The SMILES string of the molecule is C[C@]12CC[C@H]3[C@@H](CC[C@@]4(C#N)CC(=O)CC[C@]34C)[C@@H]1CCC2=O. The van der Waals surface area contributed by atoms with Crippen molar-refractivity contribution in [1.82, 2.24) is 0 Å². The second-order valence-corrected chi connectivity index (χ2v) is 9.16. The molecule has 0 aliphatic heterocycles. The summed E-state index contributed by atoms with van der Waals surface area (Å²) in [4.78, 5) is 24.5. The number of nitrogens with zero attached hydrogens (tertiary/aromatic N) is 1. The second-order valence-electron chi connectivity index (χ2n) is 9.16. The van der Waals surface area contributed by atoms with Gasteiger partial charge in [0.15, 0.2) is 0 Å². The number of hydrogen-bond donors (Lipinski definition) is 0. The molecule has 0 saturated heterocycles. The average Bonchev–Trinajstić information content (AvgIpc) is 2.84. The zero-order valence-electron chi connectivity index (χ0n) is 14.4. The molecule has 0 unspecified atom stereocenters. The number of carbonyl (C=O) groups is 2. The lowest BCUT2D eigenvalue weighted by atomic mass is 9.40. The normalized spacial score (nSPS) is 52.3. The van der Waals surface area contributed by atoms with Gasteiger partial charge in [0.25, 0.3) is 0 Å². The minimum absolute atomic E-state index is 0.0362. The Morgan fingerprint density at radius 1 is 1.00 bits per heavy atom. The summed E-state index contributed by atoms with van der Waals surface area (Å²) < 4.78 is 0. The van der Waals surface area contributed by atoms with E-state index in [0.29, 0.717) is 36.4 Å². The van der Waals surface area contributed by atoms with Gasteiger partial charge < -0.3 is 0 Å². The average molecular weight is 313 g/mol. The van der Waals surface area contributed by atoms with E-state index < -0.39 is 5.41 Å². The van der Waals surface area contributed by atoms with E-state index in [1.54, 1.807) is 0 Å². The third-order valence-corrected chi connectivity index (χ3v) is 8.60. The van der Waals surface area contributed by atoms with Crippen molar-refractivity contribution in [2.45, 2.75) is 71.6 Å². The predicted molar refractivity (Wildman–Crippen MR) is 86.3 cm³/mol. The van der Waals surface area contributed by atoms with Gasteiger partial charge in [0.05, 0.1) is 11.5 Å². The number of carbonyl (C=O) groups excluding carboxylic acids is 2. The van der Waals surface area contributed by atoms with E-state index in [0.717, 1.165) is 44.9 Å². The van der Waals surface area contributed by atoms with Gasteiger partial charge in [0.2, 0.25) is 0 Å². The third kappa shape index (κ3) is 1.76. The van der Waals surface area contributed by atoms with Crippen molar-refractivity contribution < 1.29 is 9.59 Å². The number of rotatable bonds is 0. The highest BCUT2D eigenvalue weighted by atomic mass is 16.1.